The lowest BCUT2D eigenvalue weighted by molar-refractivity contribution is -0.149. The number of unbranched alkanes of at least 4 members (excludes halogenated alkanes) is 11. The van der Waals surface area contributed by atoms with E-state index in [1.807, 2.05) is 0 Å². The molecule has 0 aromatic carbocycles. The number of hydrogen-bond acceptors (Lipinski definition) is 6. The first kappa shape index (κ1) is 33.1. The van der Waals surface area contributed by atoms with E-state index in [2.05, 4.69) is 13.8 Å². The average molecular weight is 524 g/mol. The van der Waals surface area contributed by atoms with Gasteiger partial charge in [0.1, 0.15) is 12.4 Å². The molecule has 7 heteroatoms. The Morgan fingerprint density at radius 3 is 1.97 bits per heavy atom. The quantitative estimate of drug-likeness (QED) is 0.0809. The zero-order valence-corrected chi connectivity index (χ0v) is 23.7. The molecule has 0 bridgehead atoms. The molecule has 0 aliphatic carbocycles. The molecule has 0 saturated carbocycles. The minimum atomic E-state index is -0.421. The molecule has 1 amide bonds. The highest BCUT2D eigenvalue weighted by Gasteiger charge is 2.26. The maximum Gasteiger partial charge on any atom is 0.306 e. The maximum atomic E-state index is 12.6. The van der Waals surface area contributed by atoms with Crippen LogP contribution in [0.3, 0.4) is 0 Å². The fourth-order valence-corrected chi connectivity index (χ4v) is 4.94. The molecule has 1 aliphatic rings. The second-order valence-electron chi connectivity index (χ2n) is 10.7. The number of ketones is 1. The molecule has 1 fully saturated rings. The molecule has 1 heterocycles. The second kappa shape index (κ2) is 22.1. The Balaban J connectivity index is 2.44. The van der Waals surface area contributed by atoms with Crippen molar-refractivity contribution in [3.8, 4) is 0 Å². The Kier molecular flexibility index (Phi) is 19.8. The zero-order valence-electron chi connectivity index (χ0n) is 23.7. The number of amides is 1. The first-order valence-corrected chi connectivity index (χ1v) is 15.0. The van der Waals surface area contributed by atoms with E-state index in [0.29, 0.717) is 19.6 Å². The van der Waals surface area contributed by atoms with E-state index in [1.165, 1.54) is 44.9 Å². The van der Waals surface area contributed by atoms with E-state index in [0.717, 1.165) is 57.8 Å². The van der Waals surface area contributed by atoms with E-state index in [1.54, 1.807) is 4.90 Å². The third-order valence-electron chi connectivity index (χ3n) is 7.24. The van der Waals surface area contributed by atoms with Crippen LogP contribution >= 0.6 is 0 Å². The molecule has 2 atom stereocenters. The Morgan fingerprint density at radius 2 is 1.35 bits per heavy atom. The Hall–Kier alpha value is -1.92. The van der Waals surface area contributed by atoms with Gasteiger partial charge in [-0.1, -0.05) is 84.5 Å². The first-order chi connectivity index (χ1) is 18.0. The summed E-state index contributed by atoms with van der Waals surface area (Å²) in [6, 6.07) is -0.0823. The van der Waals surface area contributed by atoms with Crippen LogP contribution in [0.2, 0.25) is 0 Å². The molecule has 37 heavy (non-hydrogen) atoms. The van der Waals surface area contributed by atoms with Crippen molar-refractivity contribution in [2.75, 3.05) is 19.8 Å². The summed E-state index contributed by atoms with van der Waals surface area (Å²) >= 11 is 0. The van der Waals surface area contributed by atoms with Gasteiger partial charge in [0, 0.05) is 32.2 Å². The van der Waals surface area contributed by atoms with Gasteiger partial charge in [-0.2, -0.15) is 0 Å². The summed E-state index contributed by atoms with van der Waals surface area (Å²) in [4.78, 5) is 50.4. The summed E-state index contributed by atoms with van der Waals surface area (Å²) in [6.45, 7) is 5.62. The van der Waals surface area contributed by atoms with Gasteiger partial charge in [-0.25, -0.2) is 0 Å². The summed E-state index contributed by atoms with van der Waals surface area (Å²) in [7, 11) is 0. The highest BCUT2D eigenvalue weighted by atomic mass is 16.5. The van der Waals surface area contributed by atoms with Crippen LogP contribution in [0.1, 0.15) is 136 Å². The van der Waals surface area contributed by atoms with Gasteiger partial charge in [0.05, 0.1) is 12.6 Å². The van der Waals surface area contributed by atoms with Gasteiger partial charge in [0.15, 0.2) is 0 Å². The van der Waals surface area contributed by atoms with Gasteiger partial charge >= 0.3 is 11.9 Å². The number of rotatable bonds is 24. The van der Waals surface area contributed by atoms with E-state index in [4.69, 9.17) is 9.47 Å². The molecule has 2 unspecified atom stereocenters. The smallest absolute Gasteiger partial charge is 0.306 e. The topological polar surface area (TPSA) is 90.0 Å². The number of likely N-dealkylation sites (tertiary alicyclic amines) is 1. The van der Waals surface area contributed by atoms with Crippen molar-refractivity contribution in [2.45, 2.75) is 142 Å². The molecule has 0 radical (unpaired) electrons. The molecule has 0 aromatic rings. The van der Waals surface area contributed by atoms with Crippen LogP contribution in [0.5, 0.6) is 0 Å². The van der Waals surface area contributed by atoms with Crippen LogP contribution < -0.4 is 0 Å². The van der Waals surface area contributed by atoms with Gasteiger partial charge in [0.25, 0.3) is 0 Å². The van der Waals surface area contributed by atoms with E-state index in [9.17, 15) is 19.2 Å². The standard InChI is InChI=1S/C30H53NO6/c1-3-5-7-9-11-12-14-18-28(33)21-26(22-29(34)36-20-15-13-10-8-6-4-2)23-30(35)37-24-27-17-16-19-31(27)25-32/h25-27H,3-24H2,1-2H3. The summed E-state index contributed by atoms with van der Waals surface area (Å²) < 4.78 is 10.8. The molecule has 0 aromatic heterocycles. The monoisotopic (exact) mass is 523 g/mol. The number of hydrogen-bond donors (Lipinski definition) is 0. The number of nitrogens with zero attached hydrogens (tertiary/aromatic N) is 1. The molecule has 0 N–H and O–H groups in total. The highest BCUT2D eigenvalue weighted by Crippen LogP contribution is 2.20. The highest BCUT2D eigenvalue weighted by molar-refractivity contribution is 5.81. The molecule has 1 rings (SSSR count). The fraction of sp³-hybridized carbons (Fsp3) is 0.867. The predicted molar refractivity (Wildman–Crippen MR) is 146 cm³/mol. The van der Waals surface area contributed by atoms with Gasteiger partial charge in [-0.05, 0) is 31.6 Å². The van der Waals surface area contributed by atoms with Gasteiger partial charge in [-0.3, -0.25) is 19.2 Å². The summed E-state index contributed by atoms with van der Waals surface area (Å²) in [5.41, 5.74) is 0. The lowest BCUT2D eigenvalue weighted by Crippen LogP contribution is -2.33. The van der Waals surface area contributed by atoms with Crippen LogP contribution in [0.15, 0.2) is 0 Å². The molecule has 214 valence electrons. The number of carbonyl (C=O) groups excluding carboxylic acids is 4. The van der Waals surface area contributed by atoms with E-state index < -0.39 is 11.9 Å². The summed E-state index contributed by atoms with van der Waals surface area (Å²) in [5, 5.41) is 0. The maximum absolute atomic E-state index is 12.6. The Bertz CT molecular complexity index is 606. The lowest BCUT2D eigenvalue weighted by Gasteiger charge is -2.20. The van der Waals surface area contributed by atoms with Crippen LogP contribution in [-0.2, 0) is 28.7 Å². The van der Waals surface area contributed by atoms with Gasteiger partial charge < -0.3 is 14.4 Å². The SMILES string of the molecule is CCCCCCCCCC(=O)CC(CC(=O)OCCCCCCCC)CC(=O)OCC1CCCN1C=O. The van der Waals surface area contributed by atoms with Gasteiger partial charge in [-0.15, -0.1) is 0 Å². The molecular formula is C30H53NO6. The van der Waals surface area contributed by atoms with Crippen LogP contribution in [0.25, 0.3) is 0 Å². The minimum Gasteiger partial charge on any atom is -0.466 e. The number of esters is 2. The average Bonchev–Trinajstić information content (AvgIpc) is 3.34. The van der Waals surface area contributed by atoms with Gasteiger partial charge in [0.2, 0.25) is 6.41 Å². The van der Waals surface area contributed by atoms with Crippen LogP contribution in [0.4, 0.5) is 0 Å². The predicted octanol–water partition coefficient (Wildman–Crippen LogP) is 6.55. The third kappa shape index (κ3) is 17.3. The molecule has 1 saturated heterocycles. The molecular weight excluding hydrogens is 470 g/mol. The molecule has 1 aliphatic heterocycles. The number of ether oxygens (including phenoxy) is 2. The van der Waals surface area contributed by atoms with Crippen molar-refractivity contribution in [1.82, 2.24) is 4.90 Å². The van der Waals surface area contributed by atoms with Crippen molar-refractivity contribution in [3.63, 3.8) is 0 Å². The number of Topliss-reactive ketones (excluding diaryl/α,β-unsaturated/α-hetero) is 1. The third-order valence-corrected chi connectivity index (χ3v) is 7.24. The zero-order chi connectivity index (χ0) is 27.1. The summed E-state index contributed by atoms with van der Waals surface area (Å²) in [5.74, 6) is -1.08. The van der Waals surface area contributed by atoms with E-state index in [-0.39, 0.29) is 43.7 Å². The Morgan fingerprint density at radius 1 is 0.784 bits per heavy atom. The second-order valence-corrected chi connectivity index (χ2v) is 10.7. The van der Waals surface area contributed by atoms with E-state index >= 15 is 0 Å². The van der Waals surface area contributed by atoms with Crippen molar-refractivity contribution in [3.05, 3.63) is 0 Å². The van der Waals surface area contributed by atoms with Crippen molar-refractivity contribution < 1.29 is 28.7 Å². The minimum absolute atomic E-state index is 0.0166. The van der Waals surface area contributed by atoms with Crippen molar-refractivity contribution in [1.29, 1.82) is 0 Å². The van der Waals surface area contributed by atoms with Crippen LogP contribution in [-0.4, -0.2) is 54.8 Å². The molecule has 0 spiro atoms. The van der Waals surface area contributed by atoms with Crippen molar-refractivity contribution >= 4 is 24.1 Å². The largest absolute Gasteiger partial charge is 0.466 e. The van der Waals surface area contributed by atoms with Crippen molar-refractivity contribution in [2.24, 2.45) is 5.92 Å². The Labute approximate surface area is 225 Å². The fourth-order valence-electron chi connectivity index (χ4n) is 4.94. The molecule has 7 nitrogen and oxygen atoms in total. The first-order valence-electron chi connectivity index (χ1n) is 15.0. The van der Waals surface area contributed by atoms with Crippen LogP contribution in [0, 0.1) is 5.92 Å². The number of carbonyl (C=O) groups is 4. The lowest BCUT2D eigenvalue weighted by atomic mass is 9.93. The summed E-state index contributed by atoms with van der Waals surface area (Å²) in [6.07, 6.45) is 17.9. The normalized spacial score (nSPS) is 15.9.